The zero-order chi connectivity index (χ0) is 15.5. The van der Waals surface area contributed by atoms with E-state index < -0.39 is 15.9 Å². The molecule has 2 aromatic rings. The van der Waals surface area contributed by atoms with Crippen molar-refractivity contribution >= 4 is 33.2 Å². The normalized spacial score (nSPS) is 13.2. The van der Waals surface area contributed by atoms with E-state index in [2.05, 4.69) is 9.08 Å². The van der Waals surface area contributed by atoms with Gasteiger partial charge in [0.05, 0.1) is 4.90 Å². The highest BCUT2D eigenvalue weighted by atomic mass is 35.5. The second kappa shape index (κ2) is 6.15. The molecule has 0 saturated heterocycles. The van der Waals surface area contributed by atoms with E-state index in [9.17, 15) is 9.00 Å². The number of carbonyl (C=O) groups is 1. The van der Waals surface area contributed by atoms with Crippen LogP contribution in [0.3, 0.4) is 0 Å². The van der Waals surface area contributed by atoms with Gasteiger partial charge in [-0.1, -0.05) is 29.3 Å². The summed E-state index contributed by atoms with van der Waals surface area (Å²) in [6.07, 6.45) is 0. The maximum absolute atomic E-state index is 13.0. The van der Waals surface area contributed by atoms with Crippen molar-refractivity contribution in [2.45, 2.75) is 11.8 Å². The first-order valence-corrected chi connectivity index (χ1v) is 7.95. The number of nitrogens with zero attached hydrogens (tertiary/aromatic N) is 1. The zero-order valence-corrected chi connectivity index (χ0v) is 12.8. The first kappa shape index (κ1) is 15.3. The van der Waals surface area contributed by atoms with Gasteiger partial charge in [-0.25, -0.2) is 9.00 Å². The third-order valence-corrected chi connectivity index (χ3v) is 4.77. The number of anilines is 1. The molecule has 0 spiro atoms. The number of hydrogen-bond donors (Lipinski definition) is 2. The predicted molar refractivity (Wildman–Crippen MR) is 84.7 cm³/mol. The van der Waals surface area contributed by atoms with Crippen LogP contribution < -0.4 is 10.5 Å². The fraction of sp³-hybridized carbons (Fsp3) is 0.0714. The largest absolute Gasteiger partial charge is 0.349 e. The van der Waals surface area contributed by atoms with Gasteiger partial charge in [0.2, 0.25) is 0 Å². The smallest absolute Gasteiger partial charge is 0.348 e. The van der Waals surface area contributed by atoms with Crippen LogP contribution >= 0.6 is 11.6 Å². The lowest BCUT2D eigenvalue weighted by Crippen LogP contribution is -2.17. The number of nitrogens with two attached hydrogens (primary N) is 1. The Kier molecular flexibility index (Phi) is 4.50. The van der Waals surface area contributed by atoms with E-state index in [1.165, 1.54) is 0 Å². The molecule has 0 heterocycles. The maximum atomic E-state index is 13.0. The molecule has 0 aliphatic rings. The van der Waals surface area contributed by atoms with Crippen LogP contribution in [0.25, 0.3) is 0 Å². The molecule has 0 saturated carbocycles. The third kappa shape index (κ3) is 3.96. The quantitative estimate of drug-likeness (QED) is 0.904. The number of primary amides is 1. The van der Waals surface area contributed by atoms with E-state index in [-0.39, 0.29) is 0 Å². The number of carbonyl (C=O) groups excluding carboxylic acids is 1. The van der Waals surface area contributed by atoms with Crippen LogP contribution in [0.5, 0.6) is 0 Å². The van der Waals surface area contributed by atoms with E-state index in [4.69, 9.17) is 17.3 Å². The Bertz CT molecular complexity index is 764. The number of aryl methyl sites for hydroxylation is 1. The number of halogens is 1. The Morgan fingerprint density at radius 3 is 2.24 bits per heavy atom. The molecule has 0 aromatic heterocycles. The molecule has 0 bridgehead atoms. The molecular formula is C14H14ClN3O2S. The Hall–Kier alpha value is -2.05. The van der Waals surface area contributed by atoms with Gasteiger partial charge in [0.15, 0.2) is 9.92 Å². The summed E-state index contributed by atoms with van der Waals surface area (Å²) < 4.78 is 19.3. The average Bonchev–Trinajstić information content (AvgIpc) is 2.41. The molecule has 2 amide bonds. The van der Waals surface area contributed by atoms with E-state index in [0.29, 0.717) is 15.6 Å². The molecule has 21 heavy (non-hydrogen) atoms. The second-order valence-electron chi connectivity index (χ2n) is 4.38. The molecule has 0 fully saturated rings. The highest BCUT2D eigenvalue weighted by molar-refractivity contribution is 7.95. The topological polar surface area (TPSA) is 84.6 Å². The van der Waals surface area contributed by atoms with E-state index >= 15 is 0 Å². The van der Waals surface area contributed by atoms with Crippen molar-refractivity contribution in [1.29, 1.82) is 0 Å². The molecule has 0 aliphatic carbocycles. The number of rotatable bonds is 3. The highest BCUT2D eigenvalue weighted by Gasteiger charge is 2.14. The van der Waals surface area contributed by atoms with Gasteiger partial charge in [0.1, 0.15) is 0 Å². The van der Waals surface area contributed by atoms with Crippen LogP contribution in [0.1, 0.15) is 5.56 Å². The van der Waals surface area contributed by atoms with Crippen molar-refractivity contribution in [3.05, 3.63) is 59.1 Å². The van der Waals surface area contributed by atoms with Crippen molar-refractivity contribution in [1.82, 2.24) is 0 Å². The minimum Gasteiger partial charge on any atom is -0.349 e. The number of hydrogen-bond acceptors (Lipinski definition) is 2. The summed E-state index contributed by atoms with van der Waals surface area (Å²) in [6, 6.07) is 12.4. The summed E-state index contributed by atoms with van der Waals surface area (Å²) in [6.45, 7) is 1.91. The van der Waals surface area contributed by atoms with Gasteiger partial charge in [0.25, 0.3) is 0 Å². The van der Waals surface area contributed by atoms with Gasteiger partial charge in [-0.05, 0) is 43.3 Å². The second-order valence-corrected chi connectivity index (χ2v) is 6.72. The Labute approximate surface area is 128 Å². The van der Waals surface area contributed by atoms with E-state index in [1.54, 1.807) is 48.5 Å². The Morgan fingerprint density at radius 1 is 1.14 bits per heavy atom. The summed E-state index contributed by atoms with van der Waals surface area (Å²) in [5, 5.41) is 0.550. The summed E-state index contributed by atoms with van der Waals surface area (Å²) in [7, 11) is -3.19. The minimum atomic E-state index is -3.19. The lowest BCUT2D eigenvalue weighted by atomic mass is 10.2. The lowest BCUT2D eigenvalue weighted by molar-refractivity contribution is 0.257. The van der Waals surface area contributed by atoms with E-state index in [0.717, 1.165) is 5.56 Å². The van der Waals surface area contributed by atoms with Crippen molar-refractivity contribution in [2.24, 2.45) is 10.1 Å². The first-order chi connectivity index (χ1) is 9.89. The summed E-state index contributed by atoms with van der Waals surface area (Å²) in [5.74, 6) is 0. The van der Waals surface area contributed by atoms with Crippen LogP contribution in [0.15, 0.2) is 57.8 Å². The average molecular weight is 324 g/mol. The van der Waals surface area contributed by atoms with Crippen molar-refractivity contribution < 1.29 is 9.00 Å². The van der Waals surface area contributed by atoms with Crippen LogP contribution in [0, 0.1) is 6.92 Å². The Morgan fingerprint density at radius 2 is 1.71 bits per heavy atom. The molecule has 110 valence electrons. The lowest BCUT2D eigenvalue weighted by Gasteiger charge is -2.13. The molecule has 3 N–H and O–H groups in total. The molecule has 0 aliphatic heterocycles. The third-order valence-electron chi connectivity index (χ3n) is 2.66. The molecule has 2 rings (SSSR count). The molecule has 1 atom stereocenters. The highest BCUT2D eigenvalue weighted by Crippen LogP contribution is 2.20. The molecule has 5 nitrogen and oxygen atoms in total. The van der Waals surface area contributed by atoms with Crippen LogP contribution in [-0.2, 0) is 9.92 Å². The van der Waals surface area contributed by atoms with Crippen molar-refractivity contribution in [3.63, 3.8) is 0 Å². The maximum Gasteiger partial charge on any atom is 0.348 e. The molecule has 1 unspecified atom stereocenters. The van der Waals surface area contributed by atoms with Gasteiger partial charge in [-0.2, -0.15) is 0 Å². The standard InChI is InChI=1S/C14H14ClN3O2S/c1-10-2-8-13(9-3-10)21(20,18-14(16)19)17-12-6-4-11(15)5-7-12/h2-9H,1H3,(H3,16,17,18,19,20). The minimum absolute atomic E-state index is 0.377. The van der Waals surface area contributed by atoms with Gasteiger partial charge in [-0.15, -0.1) is 4.36 Å². The first-order valence-electron chi connectivity index (χ1n) is 6.06. The fourth-order valence-corrected chi connectivity index (χ4v) is 3.27. The van der Waals surface area contributed by atoms with Crippen LogP contribution in [-0.4, -0.2) is 10.2 Å². The number of benzene rings is 2. The predicted octanol–water partition coefficient (Wildman–Crippen LogP) is 3.58. The fourth-order valence-electron chi connectivity index (χ4n) is 1.66. The molecular weight excluding hydrogens is 310 g/mol. The molecule has 7 heteroatoms. The molecule has 0 radical (unpaired) electrons. The summed E-state index contributed by atoms with van der Waals surface area (Å²) in [5.41, 5.74) is 6.61. The van der Waals surface area contributed by atoms with Gasteiger partial charge < -0.3 is 5.73 Å². The van der Waals surface area contributed by atoms with Crippen LogP contribution in [0.4, 0.5) is 10.5 Å². The Balaban J connectivity index is 2.48. The van der Waals surface area contributed by atoms with E-state index in [1.807, 2.05) is 6.92 Å². The van der Waals surface area contributed by atoms with Crippen molar-refractivity contribution in [2.75, 3.05) is 4.72 Å². The van der Waals surface area contributed by atoms with Gasteiger partial charge in [0, 0.05) is 10.7 Å². The molecule has 2 aromatic carbocycles. The van der Waals surface area contributed by atoms with Gasteiger partial charge in [-0.3, -0.25) is 4.72 Å². The number of nitrogens with one attached hydrogen (secondary N) is 1. The monoisotopic (exact) mass is 323 g/mol. The van der Waals surface area contributed by atoms with Gasteiger partial charge >= 0.3 is 6.03 Å². The summed E-state index contributed by atoms with van der Waals surface area (Å²) >= 11 is 5.80. The summed E-state index contributed by atoms with van der Waals surface area (Å²) in [4.78, 5) is 11.5. The SMILES string of the molecule is Cc1ccc(S(=O)(=NC(N)=O)Nc2ccc(Cl)cc2)cc1. The zero-order valence-electron chi connectivity index (χ0n) is 11.2. The number of amides is 2. The van der Waals surface area contributed by atoms with Crippen molar-refractivity contribution in [3.8, 4) is 0 Å². The van der Waals surface area contributed by atoms with Crippen LogP contribution in [0.2, 0.25) is 5.02 Å². The number of urea groups is 1.